The van der Waals surface area contributed by atoms with Gasteiger partial charge in [0.05, 0.1) is 0 Å². The third kappa shape index (κ3) is 10.9. The van der Waals surface area contributed by atoms with Crippen LogP contribution in [0.1, 0.15) is 110 Å². The molecule has 19 heteroatoms. The molecule has 0 radical (unpaired) electrons. The molecule has 2 saturated heterocycles. The standard InChI is InChI=1S/C45H64Cl2F3N7O7/c1-8-31-40(62)54(5)19-10-9-13-33(36(58)53-32(21-26(2)3)41(63)56(7)35(38(60)52-31)23-28-22-29(46)15-16-30(28)47)55(6)39(61)27(4)51-37(59)34-14-11-20-57(34)42(64)44(45(48,49)50)24-43(25-44)17-12-18-43/h15-16,22,26-27,31-35H,8-14,17-21,23-25H2,1-7H3,(H,51,59)(H,52,60)(H,53,58)/t27-,31+,32-,33-,34-,35-/m0/s1. The number of hydrogen-bond acceptors (Lipinski definition) is 7. The third-order valence-corrected chi connectivity index (χ3v) is 14.5. The van der Waals surface area contributed by atoms with Crippen LogP contribution in [0.5, 0.6) is 0 Å². The van der Waals surface area contributed by atoms with E-state index in [2.05, 4.69) is 16.0 Å². The zero-order valence-corrected chi connectivity index (χ0v) is 39.4. The van der Waals surface area contributed by atoms with E-state index < -0.39 is 88.7 Å². The van der Waals surface area contributed by atoms with E-state index in [9.17, 15) is 46.7 Å². The third-order valence-electron chi connectivity index (χ3n) is 13.9. The van der Waals surface area contributed by atoms with Crippen LogP contribution in [-0.2, 0) is 40.0 Å². The molecule has 7 amide bonds. The summed E-state index contributed by atoms with van der Waals surface area (Å²) in [6.45, 7) is 7.12. The van der Waals surface area contributed by atoms with Crippen LogP contribution in [0.2, 0.25) is 10.0 Å². The van der Waals surface area contributed by atoms with Gasteiger partial charge in [-0.2, -0.15) is 13.2 Å². The summed E-state index contributed by atoms with van der Waals surface area (Å²) in [5, 5.41) is 8.96. The maximum Gasteiger partial charge on any atom is 0.403 e. The van der Waals surface area contributed by atoms with E-state index in [0.717, 1.165) is 11.3 Å². The van der Waals surface area contributed by atoms with Crippen molar-refractivity contribution in [2.45, 2.75) is 154 Å². The molecule has 1 aromatic rings. The van der Waals surface area contributed by atoms with Crippen molar-refractivity contribution < 1.29 is 46.7 Å². The SMILES string of the molecule is CC[C@H]1NC(=O)[C@H](Cc2cc(Cl)ccc2Cl)N(C)C(=O)[C@H](CC(C)C)NC(=O)[C@@H](N(C)C(=O)[C@H](C)NC(=O)[C@@H]2CCCN2C(=O)C2(C(F)(F)F)CC3(CCC3)C2)CCCCN(C)C1=O. The first-order valence-corrected chi connectivity index (χ1v) is 23.2. The maximum atomic E-state index is 14.6. The van der Waals surface area contributed by atoms with Gasteiger partial charge in [0, 0.05) is 50.7 Å². The van der Waals surface area contributed by atoms with Crippen molar-refractivity contribution >= 4 is 64.6 Å². The highest BCUT2D eigenvalue weighted by atomic mass is 35.5. The van der Waals surface area contributed by atoms with E-state index in [1.165, 1.54) is 35.7 Å². The minimum absolute atomic E-state index is 0.0165. The largest absolute Gasteiger partial charge is 0.403 e. The summed E-state index contributed by atoms with van der Waals surface area (Å²) in [7, 11) is 4.42. The van der Waals surface area contributed by atoms with Gasteiger partial charge < -0.3 is 35.6 Å². The van der Waals surface area contributed by atoms with Crippen LogP contribution in [0.4, 0.5) is 13.2 Å². The van der Waals surface area contributed by atoms with E-state index in [1.54, 1.807) is 32.2 Å². The molecular formula is C45H64Cl2F3N7O7. The minimum Gasteiger partial charge on any atom is -0.344 e. The number of nitrogens with zero attached hydrogens (tertiary/aromatic N) is 4. The molecule has 2 aliphatic carbocycles. The topological polar surface area (TPSA) is 169 Å². The van der Waals surface area contributed by atoms with Gasteiger partial charge in [-0.15, -0.1) is 0 Å². The van der Waals surface area contributed by atoms with Crippen molar-refractivity contribution in [2.75, 3.05) is 34.2 Å². The molecule has 0 aromatic heterocycles. The van der Waals surface area contributed by atoms with E-state index in [-0.39, 0.29) is 69.9 Å². The Labute approximate surface area is 384 Å². The molecule has 4 aliphatic rings. The molecule has 3 N–H and O–H groups in total. The van der Waals surface area contributed by atoms with Crippen LogP contribution in [0.25, 0.3) is 0 Å². The van der Waals surface area contributed by atoms with Gasteiger partial charge in [0.25, 0.3) is 0 Å². The second kappa shape index (κ2) is 20.6. The Morgan fingerprint density at radius 3 is 2.16 bits per heavy atom. The predicted molar refractivity (Wildman–Crippen MR) is 235 cm³/mol. The monoisotopic (exact) mass is 941 g/mol. The van der Waals surface area contributed by atoms with Crippen molar-refractivity contribution in [2.24, 2.45) is 16.7 Å². The lowest BCUT2D eigenvalue weighted by Crippen LogP contribution is -2.66. The molecule has 2 heterocycles. The number of alkyl halides is 3. The van der Waals surface area contributed by atoms with E-state index in [4.69, 9.17) is 23.2 Å². The first-order chi connectivity index (χ1) is 30.0. The lowest BCUT2D eigenvalue weighted by molar-refractivity contribution is -0.285. The van der Waals surface area contributed by atoms with Crippen LogP contribution >= 0.6 is 23.2 Å². The number of carbonyl (C=O) groups excluding carboxylic acids is 7. The Morgan fingerprint density at radius 2 is 1.56 bits per heavy atom. The summed E-state index contributed by atoms with van der Waals surface area (Å²) in [5.41, 5.74) is -2.53. The number of benzene rings is 1. The maximum absolute atomic E-state index is 14.6. The van der Waals surface area contributed by atoms with Gasteiger partial charge in [0.1, 0.15) is 41.7 Å². The fourth-order valence-corrected chi connectivity index (χ4v) is 10.4. The molecule has 2 aliphatic heterocycles. The van der Waals surface area contributed by atoms with E-state index in [0.29, 0.717) is 47.7 Å². The Kier molecular flexibility index (Phi) is 16.4. The number of hydrogen-bond donors (Lipinski definition) is 3. The quantitative estimate of drug-likeness (QED) is 0.288. The number of amides is 7. The molecule has 6 atom stereocenters. The minimum atomic E-state index is -4.77. The predicted octanol–water partition coefficient (Wildman–Crippen LogP) is 5.27. The molecule has 2 saturated carbocycles. The molecule has 1 spiro atoms. The van der Waals surface area contributed by atoms with Gasteiger partial charge >= 0.3 is 6.18 Å². The first-order valence-electron chi connectivity index (χ1n) is 22.5. The van der Waals surface area contributed by atoms with Gasteiger partial charge in [-0.3, -0.25) is 33.6 Å². The molecule has 14 nitrogen and oxygen atoms in total. The molecule has 0 unspecified atom stereocenters. The van der Waals surface area contributed by atoms with Crippen LogP contribution in [0, 0.1) is 16.7 Å². The van der Waals surface area contributed by atoms with Crippen LogP contribution in [-0.4, -0.2) is 138 Å². The number of likely N-dealkylation sites (N-methyl/N-ethyl adjacent to an activating group) is 3. The number of likely N-dealkylation sites (tertiary alicyclic amines) is 1. The normalized spacial score (nSPS) is 26.2. The molecule has 1 aromatic carbocycles. The number of carbonyl (C=O) groups is 7. The van der Waals surface area contributed by atoms with Crippen molar-refractivity contribution in [1.82, 2.24) is 35.6 Å². The molecule has 64 heavy (non-hydrogen) atoms. The zero-order chi connectivity index (χ0) is 47.5. The summed E-state index contributed by atoms with van der Waals surface area (Å²) in [6.07, 6.45) is -1.56. The van der Waals surface area contributed by atoms with Gasteiger partial charge in [0.15, 0.2) is 0 Å². The van der Waals surface area contributed by atoms with Crippen molar-refractivity contribution in [3.8, 4) is 0 Å². The highest BCUT2D eigenvalue weighted by molar-refractivity contribution is 6.33. The number of rotatable bonds is 10. The fourth-order valence-electron chi connectivity index (χ4n) is 9.96. The Hall–Kier alpha value is -4.12. The van der Waals surface area contributed by atoms with Gasteiger partial charge in [-0.25, -0.2) is 0 Å². The highest BCUT2D eigenvalue weighted by Gasteiger charge is 2.73. The van der Waals surface area contributed by atoms with Crippen molar-refractivity contribution in [3.63, 3.8) is 0 Å². The first kappa shape index (κ1) is 50.9. The fraction of sp³-hybridized carbons (Fsp3) is 0.711. The Morgan fingerprint density at radius 1 is 0.906 bits per heavy atom. The Bertz CT molecular complexity index is 1940. The number of halogens is 5. The summed E-state index contributed by atoms with van der Waals surface area (Å²) in [4.78, 5) is 103. The smallest absolute Gasteiger partial charge is 0.344 e. The van der Waals surface area contributed by atoms with E-state index >= 15 is 0 Å². The van der Waals surface area contributed by atoms with Crippen molar-refractivity contribution in [3.05, 3.63) is 33.8 Å². The Balaban J connectivity index is 1.37. The summed E-state index contributed by atoms with van der Waals surface area (Å²) >= 11 is 12.8. The average Bonchev–Trinajstić information content (AvgIpc) is 3.70. The van der Waals surface area contributed by atoms with Crippen molar-refractivity contribution in [1.29, 1.82) is 0 Å². The van der Waals surface area contributed by atoms with Gasteiger partial charge in [-0.1, -0.05) is 50.4 Å². The van der Waals surface area contributed by atoms with Crippen LogP contribution < -0.4 is 16.0 Å². The molecule has 0 bridgehead atoms. The molecule has 5 rings (SSSR count). The summed E-state index contributed by atoms with van der Waals surface area (Å²) in [5.74, 6) is -4.91. The average molecular weight is 943 g/mol. The highest BCUT2D eigenvalue weighted by Crippen LogP contribution is 2.69. The van der Waals surface area contributed by atoms with Gasteiger partial charge in [-0.05, 0) is 113 Å². The molecule has 4 fully saturated rings. The second-order valence-electron chi connectivity index (χ2n) is 19.0. The van der Waals surface area contributed by atoms with Crippen LogP contribution in [0.3, 0.4) is 0 Å². The summed E-state index contributed by atoms with van der Waals surface area (Å²) < 4.78 is 43.7. The van der Waals surface area contributed by atoms with Gasteiger partial charge in [0.2, 0.25) is 41.4 Å². The number of nitrogens with one attached hydrogen (secondary N) is 3. The van der Waals surface area contributed by atoms with E-state index in [1.807, 2.05) is 13.8 Å². The lowest BCUT2D eigenvalue weighted by atomic mass is 9.44. The summed E-state index contributed by atoms with van der Waals surface area (Å²) in [6, 6.07) is -2.15. The molecular weight excluding hydrogens is 878 g/mol. The molecule has 356 valence electrons. The van der Waals surface area contributed by atoms with Crippen LogP contribution in [0.15, 0.2) is 18.2 Å². The second-order valence-corrected chi connectivity index (χ2v) is 19.8. The lowest BCUT2D eigenvalue weighted by Gasteiger charge is -2.60. The zero-order valence-electron chi connectivity index (χ0n) is 37.9.